The van der Waals surface area contributed by atoms with E-state index in [0.717, 1.165) is 23.6 Å². The highest BCUT2D eigenvalue weighted by Gasteiger charge is 2.23. The van der Waals surface area contributed by atoms with Gasteiger partial charge >= 0.3 is 0 Å². The first-order chi connectivity index (χ1) is 9.72. The summed E-state index contributed by atoms with van der Waals surface area (Å²) < 4.78 is 0. The van der Waals surface area contributed by atoms with E-state index < -0.39 is 0 Å². The van der Waals surface area contributed by atoms with Crippen molar-refractivity contribution in [2.45, 2.75) is 45.6 Å². The Balaban J connectivity index is 2.13. The van der Waals surface area contributed by atoms with Crippen molar-refractivity contribution in [2.24, 2.45) is 5.84 Å². The van der Waals surface area contributed by atoms with Crippen LogP contribution in [0.3, 0.4) is 0 Å². The zero-order chi connectivity index (χ0) is 14.1. The second-order valence-electron chi connectivity index (χ2n) is 5.34. The molecule has 0 spiro atoms. The van der Waals surface area contributed by atoms with Crippen molar-refractivity contribution in [3.8, 4) is 0 Å². The second kappa shape index (κ2) is 5.54. The molecule has 1 aliphatic heterocycles. The molecule has 1 atom stereocenters. The molecule has 1 fully saturated rings. The van der Waals surface area contributed by atoms with Crippen LogP contribution < -0.4 is 16.2 Å². The van der Waals surface area contributed by atoms with Crippen LogP contribution in [0.25, 0.3) is 10.2 Å². The molecule has 3 rings (SSSR count). The molecule has 108 valence electrons. The first kappa shape index (κ1) is 13.6. The van der Waals surface area contributed by atoms with Crippen molar-refractivity contribution in [2.75, 3.05) is 16.9 Å². The first-order valence-corrected chi connectivity index (χ1v) is 8.08. The second-order valence-corrected chi connectivity index (χ2v) is 6.45. The van der Waals surface area contributed by atoms with Crippen LogP contribution >= 0.6 is 11.3 Å². The maximum atomic E-state index is 5.52. The minimum Gasteiger partial charge on any atom is -0.353 e. The van der Waals surface area contributed by atoms with Gasteiger partial charge in [-0.1, -0.05) is 6.92 Å². The molecule has 0 saturated carbocycles. The highest BCUT2D eigenvalue weighted by molar-refractivity contribution is 7.18. The topological polar surface area (TPSA) is 67.1 Å². The number of hydrazine groups is 1. The third-order valence-electron chi connectivity index (χ3n) is 3.98. The largest absolute Gasteiger partial charge is 0.353 e. The number of hydrogen-bond donors (Lipinski definition) is 2. The van der Waals surface area contributed by atoms with Gasteiger partial charge in [0.15, 0.2) is 0 Å². The number of nitrogens with one attached hydrogen (secondary N) is 1. The van der Waals surface area contributed by atoms with E-state index >= 15 is 0 Å². The van der Waals surface area contributed by atoms with Crippen LogP contribution in [-0.4, -0.2) is 22.6 Å². The summed E-state index contributed by atoms with van der Waals surface area (Å²) in [5.74, 6) is 7.07. The molecule has 1 unspecified atom stereocenters. The predicted octanol–water partition coefficient (Wildman–Crippen LogP) is 2.92. The summed E-state index contributed by atoms with van der Waals surface area (Å²) in [6, 6.07) is 2.76. The van der Waals surface area contributed by atoms with Crippen molar-refractivity contribution in [1.82, 2.24) is 9.97 Å². The summed E-state index contributed by atoms with van der Waals surface area (Å²) in [4.78, 5) is 13.9. The lowest BCUT2D eigenvalue weighted by atomic mass is 10.0. The Labute approximate surface area is 123 Å². The van der Waals surface area contributed by atoms with Crippen molar-refractivity contribution in [3.63, 3.8) is 0 Å². The summed E-state index contributed by atoms with van der Waals surface area (Å²) in [5.41, 5.74) is 2.60. The first-order valence-electron chi connectivity index (χ1n) is 7.26. The van der Waals surface area contributed by atoms with Gasteiger partial charge in [-0.05, 0) is 38.7 Å². The summed E-state index contributed by atoms with van der Waals surface area (Å²) in [7, 11) is 0. The Morgan fingerprint density at radius 3 is 3.00 bits per heavy atom. The average Bonchev–Trinajstić information content (AvgIpc) is 2.90. The van der Waals surface area contributed by atoms with E-state index in [1.54, 1.807) is 11.3 Å². The third kappa shape index (κ3) is 2.33. The maximum Gasteiger partial charge on any atom is 0.240 e. The molecule has 3 heterocycles. The molecule has 1 aliphatic rings. The number of piperidine rings is 1. The van der Waals surface area contributed by atoms with Gasteiger partial charge in [0.1, 0.15) is 10.6 Å². The monoisotopic (exact) mass is 291 g/mol. The van der Waals surface area contributed by atoms with Crippen LogP contribution in [0.4, 0.5) is 11.8 Å². The fourth-order valence-electron chi connectivity index (χ4n) is 2.83. The fraction of sp³-hybridized carbons (Fsp3) is 0.571. The number of fused-ring (bicyclic) bond motifs is 1. The molecule has 5 nitrogen and oxygen atoms in total. The number of anilines is 2. The van der Waals surface area contributed by atoms with Gasteiger partial charge in [-0.3, -0.25) is 5.43 Å². The average molecular weight is 291 g/mol. The van der Waals surface area contributed by atoms with Gasteiger partial charge < -0.3 is 4.90 Å². The normalized spacial score (nSPS) is 19.6. The zero-order valence-electron chi connectivity index (χ0n) is 12.0. The molecule has 1 saturated heterocycles. The lowest BCUT2D eigenvalue weighted by molar-refractivity contribution is 0.482. The maximum absolute atomic E-state index is 5.52. The lowest BCUT2D eigenvalue weighted by Gasteiger charge is -2.34. The number of hydrogen-bond acceptors (Lipinski definition) is 6. The molecule has 0 aromatic carbocycles. The van der Waals surface area contributed by atoms with E-state index in [-0.39, 0.29) is 0 Å². The number of nitrogen functional groups attached to an aromatic ring is 1. The van der Waals surface area contributed by atoms with Gasteiger partial charge in [0.25, 0.3) is 0 Å². The number of rotatable bonds is 3. The van der Waals surface area contributed by atoms with Crippen LogP contribution in [0.5, 0.6) is 0 Å². The number of nitrogens with two attached hydrogens (primary N) is 1. The Bertz CT molecular complexity index is 609. The van der Waals surface area contributed by atoms with E-state index in [2.05, 4.69) is 40.2 Å². The Morgan fingerprint density at radius 2 is 2.30 bits per heavy atom. The minimum absolute atomic E-state index is 0.509. The van der Waals surface area contributed by atoms with Crippen LogP contribution in [0.15, 0.2) is 6.07 Å². The van der Waals surface area contributed by atoms with E-state index in [4.69, 9.17) is 5.84 Å². The van der Waals surface area contributed by atoms with Gasteiger partial charge in [0.2, 0.25) is 5.95 Å². The van der Waals surface area contributed by atoms with E-state index in [1.807, 2.05) is 0 Å². The van der Waals surface area contributed by atoms with Crippen LogP contribution in [-0.2, 0) is 6.42 Å². The van der Waals surface area contributed by atoms with E-state index in [9.17, 15) is 0 Å². The number of thiophene rings is 1. The minimum atomic E-state index is 0.509. The SMILES string of the molecule is CCc1cc2c(N3CCCCC3C)nc(NN)nc2s1. The Kier molecular flexibility index (Phi) is 3.76. The van der Waals surface area contributed by atoms with E-state index in [1.165, 1.54) is 29.5 Å². The zero-order valence-corrected chi connectivity index (χ0v) is 12.8. The van der Waals surface area contributed by atoms with Crippen molar-refractivity contribution < 1.29 is 0 Å². The quantitative estimate of drug-likeness (QED) is 0.672. The van der Waals surface area contributed by atoms with Crippen molar-refractivity contribution in [1.29, 1.82) is 0 Å². The van der Waals surface area contributed by atoms with Gasteiger partial charge in [-0.2, -0.15) is 4.98 Å². The molecule has 6 heteroatoms. The third-order valence-corrected chi connectivity index (χ3v) is 5.15. The van der Waals surface area contributed by atoms with Gasteiger partial charge in [-0.15, -0.1) is 11.3 Å². The number of aryl methyl sites for hydroxylation is 1. The number of aromatic nitrogens is 2. The molecule has 20 heavy (non-hydrogen) atoms. The van der Waals surface area contributed by atoms with E-state index in [0.29, 0.717) is 12.0 Å². The molecule has 0 radical (unpaired) electrons. The molecule has 2 aromatic rings. The van der Waals surface area contributed by atoms with Crippen LogP contribution in [0, 0.1) is 0 Å². The van der Waals surface area contributed by atoms with Gasteiger partial charge in [0.05, 0.1) is 5.39 Å². The molecular weight excluding hydrogens is 270 g/mol. The highest BCUT2D eigenvalue weighted by atomic mass is 32.1. The molecular formula is C14H21N5S. The number of nitrogens with zero attached hydrogens (tertiary/aromatic N) is 3. The van der Waals surface area contributed by atoms with Crippen LogP contribution in [0.2, 0.25) is 0 Å². The summed E-state index contributed by atoms with van der Waals surface area (Å²) in [6.45, 7) is 5.51. The van der Waals surface area contributed by atoms with Gasteiger partial charge in [0, 0.05) is 17.5 Å². The predicted molar refractivity (Wildman–Crippen MR) is 85.3 cm³/mol. The Hall–Kier alpha value is -1.40. The molecule has 0 amide bonds. The molecule has 3 N–H and O–H groups in total. The standard InChI is InChI=1S/C14H21N5S/c1-3-10-8-11-12(19-7-5-4-6-9(19)2)16-14(18-15)17-13(11)20-10/h8-9H,3-7,15H2,1-2H3,(H,16,17,18). The summed E-state index contributed by atoms with van der Waals surface area (Å²) in [6.07, 6.45) is 4.78. The Morgan fingerprint density at radius 1 is 1.45 bits per heavy atom. The highest BCUT2D eigenvalue weighted by Crippen LogP contribution is 2.34. The van der Waals surface area contributed by atoms with Gasteiger partial charge in [-0.25, -0.2) is 10.8 Å². The smallest absolute Gasteiger partial charge is 0.240 e. The summed E-state index contributed by atoms with van der Waals surface area (Å²) in [5, 5.41) is 1.17. The lowest BCUT2D eigenvalue weighted by Crippen LogP contribution is -2.38. The molecule has 0 bridgehead atoms. The molecule has 2 aromatic heterocycles. The van der Waals surface area contributed by atoms with Crippen molar-refractivity contribution in [3.05, 3.63) is 10.9 Å². The summed E-state index contributed by atoms with van der Waals surface area (Å²) >= 11 is 1.73. The van der Waals surface area contributed by atoms with Crippen molar-refractivity contribution >= 4 is 33.3 Å². The molecule has 0 aliphatic carbocycles. The fourth-order valence-corrected chi connectivity index (χ4v) is 3.79. The van der Waals surface area contributed by atoms with Crippen LogP contribution in [0.1, 0.15) is 38.0 Å².